The topological polar surface area (TPSA) is 101 Å². The van der Waals surface area contributed by atoms with E-state index in [1.165, 1.54) is 0 Å². The molecule has 3 N–H and O–H groups in total. The lowest BCUT2D eigenvalue weighted by molar-refractivity contribution is -0.131. The van der Waals surface area contributed by atoms with Crippen LogP contribution in [0.25, 0.3) is 0 Å². The highest BCUT2D eigenvalue weighted by Crippen LogP contribution is 2.25. The maximum absolute atomic E-state index is 12.3. The number of amides is 2. The monoisotopic (exact) mass is 383 g/mol. The molecular formula is C17H26ClN5O3. The van der Waals surface area contributed by atoms with E-state index in [9.17, 15) is 9.59 Å². The zero-order valence-electron chi connectivity index (χ0n) is 15.4. The van der Waals surface area contributed by atoms with E-state index in [2.05, 4.69) is 10.3 Å². The normalized spacial score (nSPS) is 14.9. The Bertz CT molecular complexity index is 654. The molecule has 0 unspecified atom stereocenters. The van der Waals surface area contributed by atoms with Crippen LogP contribution in [-0.2, 0) is 9.53 Å². The first kappa shape index (κ1) is 20.1. The average Bonchev–Trinajstić information content (AvgIpc) is 2.53. The molecule has 0 aromatic carbocycles. The standard InChI is InChI=1S/C17H26ClN5O3/c1-17(2,3)26-16(25)20-5-4-14(24)22-6-8-23(9-7-22)15-13(18)10-12(19)11-21-15/h10-11H,4-9,19H2,1-3H3,(H,20,25). The van der Waals surface area contributed by atoms with Crippen LogP contribution >= 0.6 is 11.6 Å². The van der Waals surface area contributed by atoms with Crippen molar-refractivity contribution in [2.45, 2.75) is 32.8 Å². The maximum Gasteiger partial charge on any atom is 0.407 e. The summed E-state index contributed by atoms with van der Waals surface area (Å²) in [6.45, 7) is 8.06. The molecule has 1 aromatic heterocycles. The molecule has 2 heterocycles. The second kappa shape index (κ2) is 8.44. The fourth-order valence-electron chi connectivity index (χ4n) is 2.59. The van der Waals surface area contributed by atoms with Gasteiger partial charge < -0.3 is 25.6 Å². The summed E-state index contributed by atoms with van der Waals surface area (Å²) in [6, 6.07) is 1.67. The molecule has 8 nitrogen and oxygen atoms in total. The van der Waals surface area contributed by atoms with Gasteiger partial charge in [-0.05, 0) is 26.8 Å². The zero-order valence-corrected chi connectivity index (χ0v) is 16.2. The van der Waals surface area contributed by atoms with E-state index in [-0.39, 0.29) is 18.9 Å². The van der Waals surface area contributed by atoms with Crippen LogP contribution in [0.2, 0.25) is 5.02 Å². The second-order valence-corrected chi connectivity index (χ2v) is 7.53. The Kier molecular flexibility index (Phi) is 6.52. The SMILES string of the molecule is CC(C)(C)OC(=O)NCCC(=O)N1CCN(c2ncc(N)cc2Cl)CC1. The molecule has 1 aromatic rings. The average molecular weight is 384 g/mol. The molecule has 0 bridgehead atoms. The maximum atomic E-state index is 12.3. The van der Waals surface area contributed by atoms with Crippen LogP contribution in [0.1, 0.15) is 27.2 Å². The summed E-state index contributed by atoms with van der Waals surface area (Å²) in [5.74, 6) is 0.677. The number of anilines is 2. The number of carbonyl (C=O) groups excluding carboxylic acids is 2. The van der Waals surface area contributed by atoms with Crippen molar-refractivity contribution in [1.29, 1.82) is 0 Å². The van der Waals surface area contributed by atoms with E-state index in [1.807, 2.05) is 4.90 Å². The number of hydrogen-bond donors (Lipinski definition) is 2. The van der Waals surface area contributed by atoms with Crippen LogP contribution < -0.4 is 16.0 Å². The molecule has 26 heavy (non-hydrogen) atoms. The highest BCUT2D eigenvalue weighted by Gasteiger charge is 2.23. The molecule has 9 heteroatoms. The number of pyridine rings is 1. The number of carbonyl (C=O) groups is 2. The van der Waals surface area contributed by atoms with Crippen LogP contribution in [0, 0.1) is 0 Å². The van der Waals surface area contributed by atoms with Crippen molar-refractivity contribution in [3.8, 4) is 0 Å². The number of aromatic nitrogens is 1. The minimum absolute atomic E-state index is 0.00271. The molecule has 1 aliphatic rings. The molecule has 1 saturated heterocycles. The van der Waals surface area contributed by atoms with Crippen LogP contribution in [0.15, 0.2) is 12.3 Å². The lowest BCUT2D eigenvalue weighted by atomic mass is 10.2. The molecule has 0 spiro atoms. The summed E-state index contributed by atoms with van der Waals surface area (Å²) in [5, 5.41) is 3.10. The number of ether oxygens (including phenoxy) is 1. The Morgan fingerprint density at radius 2 is 1.96 bits per heavy atom. The van der Waals surface area contributed by atoms with E-state index in [1.54, 1.807) is 37.9 Å². The van der Waals surface area contributed by atoms with Crippen LogP contribution in [0.4, 0.5) is 16.3 Å². The van der Waals surface area contributed by atoms with Gasteiger partial charge in [-0.15, -0.1) is 0 Å². The van der Waals surface area contributed by atoms with Crippen molar-refractivity contribution in [1.82, 2.24) is 15.2 Å². The first-order valence-corrected chi connectivity index (χ1v) is 8.94. The van der Waals surface area contributed by atoms with Gasteiger partial charge in [-0.2, -0.15) is 0 Å². The number of nitrogens with one attached hydrogen (secondary N) is 1. The van der Waals surface area contributed by atoms with Gasteiger partial charge in [0.2, 0.25) is 5.91 Å². The van der Waals surface area contributed by atoms with E-state index >= 15 is 0 Å². The van der Waals surface area contributed by atoms with Gasteiger partial charge in [0.15, 0.2) is 0 Å². The number of nitrogen functional groups attached to an aromatic ring is 1. The van der Waals surface area contributed by atoms with Gasteiger partial charge in [0.1, 0.15) is 11.4 Å². The summed E-state index contributed by atoms with van der Waals surface area (Å²) < 4.78 is 5.14. The van der Waals surface area contributed by atoms with Gasteiger partial charge >= 0.3 is 6.09 Å². The first-order valence-electron chi connectivity index (χ1n) is 8.56. The molecule has 0 saturated carbocycles. The van der Waals surface area contributed by atoms with Gasteiger partial charge in [0.25, 0.3) is 0 Å². The lowest BCUT2D eigenvalue weighted by Gasteiger charge is -2.35. The first-order chi connectivity index (χ1) is 12.2. The molecular weight excluding hydrogens is 358 g/mol. The zero-order chi connectivity index (χ0) is 19.3. The van der Waals surface area contributed by atoms with Crippen LogP contribution in [0.5, 0.6) is 0 Å². The third kappa shape index (κ3) is 5.94. The Hall–Kier alpha value is -2.22. The Morgan fingerprint density at radius 3 is 2.54 bits per heavy atom. The van der Waals surface area contributed by atoms with Crippen molar-refractivity contribution in [2.75, 3.05) is 43.4 Å². The number of halogens is 1. The third-order valence-electron chi connectivity index (χ3n) is 3.78. The summed E-state index contributed by atoms with van der Waals surface area (Å²) in [4.78, 5) is 31.9. The van der Waals surface area contributed by atoms with Gasteiger partial charge in [-0.1, -0.05) is 11.6 Å². The summed E-state index contributed by atoms with van der Waals surface area (Å²) in [5.41, 5.74) is 5.63. The molecule has 1 fully saturated rings. The van der Waals surface area contributed by atoms with Gasteiger partial charge in [-0.3, -0.25) is 4.79 Å². The Labute approximate surface area is 158 Å². The lowest BCUT2D eigenvalue weighted by Crippen LogP contribution is -2.49. The number of nitrogens with two attached hydrogens (primary N) is 1. The quantitative estimate of drug-likeness (QED) is 0.823. The molecule has 0 radical (unpaired) electrons. The molecule has 1 aliphatic heterocycles. The number of piperazine rings is 1. The minimum Gasteiger partial charge on any atom is -0.444 e. The van der Waals surface area contributed by atoms with Crippen molar-refractivity contribution in [3.63, 3.8) is 0 Å². The van der Waals surface area contributed by atoms with E-state index in [0.717, 1.165) is 0 Å². The number of rotatable bonds is 4. The number of hydrogen-bond acceptors (Lipinski definition) is 6. The van der Waals surface area contributed by atoms with Crippen LogP contribution in [-0.4, -0.2) is 60.2 Å². The molecule has 0 atom stereocenters. The predicted molar refractivity (Wildman–Crippen MR) is 101 cm³/mol. The number of nitrogens with zero attached hydrogens (tertiary/aromatic N) is 3. The highest BCUT2D eigenvalue weighted by molar-refractivity contribution is 6.33. The van der Waals surface area contributed by atoms with Crippen LogP contribution in [0.3, 0.4) is 0 Å². The second-order valence-electron chi connectivity index (χ2n) is 7.12. The van der Waals surface area contributed by atoms with Gasteiger partial charge in [0, 0.05) is 39.1 Å². The van der Waals surface area contributed by atoms with E-state index in [0.29, 0.717) is 42.7 Å². The molecule has 144 valence electrons. The van der Waals surface area contributed by atoms with Crippen molar-refractivity contribution < 1.29 is 14.3 Å². The number of alkyl carbamates (subject to hydrolysis) is 1. The summed E-state index contributed by atoms with van der Waals surface area (Å²) in [7, 11) is 0. The van der Waals surface area contributed by atoms with Crippen molar-refractivity contribution in [2.24, 2.45) is 0 Å². The minimum atomic E-state index is -0.554. The molecule has 0 aliphatic carbocycles. The highest BCUT2D eigenvalue weighted by atomic mass is 35.5. The Morgan fingerprint density at radius 1 is 1.31 bits per heavy atom. The van der Waals surface area contributed by atoms with E-state index < -0.39 is 11.7 Å². The smallest absolute Gasteiger partial charge is 0.407 e. The van der Waals surface area contributed by atoms with Crippen molar-refractivity contribution >= 4 is 35.1 Å². The molecule has 2 rings (SSSR count). The van der Waals surface area contributed by atoms with E-state index in [4.69, 9.17) is 22.1 Å². The van der Waals surface area contributed by atoms with Crippen molar-refractivity contribution in [3.05, 3.63) is 17.3 Å². The van der Waals surface area contributed by atoms with Gasteiger partial charge in [0.05, 0.1) is 16.9 Å². The summed E-state index contributed by atoms with van der Waals surface area (Å²) >= 11 is 6.19. The molecule has 2 amide bonds. The largest absolute Gasteiger partial charge is 0.444 e. The fourth-order valence-corrected chi connectivity index (χ4v) is 2.88. The third-order valence-corrected chi connectivity index (χ3v) is 4.06. The predicted octanol–water partition coefficient (Wildman–Crippen LogP) is 1.88. The summed E-state index contributed by atoms with van der Waals surface area (Å²) in [6.07, 6.45) is 1.29. The fraction of sp³-hybridized carbons (Fsp3) is 0.588. The Balaban J connectivity index is 1.75. The van der Waals surface area contributed by atoms with Gasteiger partial charge in [-0.25, -0.2) is 9.78 Å².